The number of amides is 1. The van der Waals surface area contributed by atoms with Gasteiger partial charge in [-0.05, 0) is 18.2 Å². The van der Waals surface area contributed by atoms with Crippen molar-refractivity contribution in [2.45, 2.75) is 6.10 Å². The summed E-state index contributed by atoms with van der Waals surface area (Å²) in [5.74, 6) is -0.129. The molecule has 1 unspecified atom stereocenters. The van der Waals surface area contributed by atoms with Crippen molar-refractivity contribution >= 4 is 29.1 Å². The molecule has 1 saturated heterocycles. The van der Waals surface area contributed by atoms with Crippen LogP contribution in [0.4, 0.5) is 0 Å². The molecule has 1 aromatic rings. The molecule has 1 aliphatic heterocycles. The number of carbonyl (C=O) groups is 1. The average Bonchev–Trinajstić information content (AvgIpc) is 2.41. The van der Waals surface area contributed by atoms with Crippen molar-refractivity contribution in [2.24, 2.45) is 0 Å². The molecule has 18 heavy (non-hydrogen) atoms. The third-order valence-electron chi connectivity index (χ3n) is 2.80. The van der Waals surface area contributed by atoms with Crippen LogP contribution in [0.15, 0.2) is 18.2 Å². The molecule has 98 valence electrons. The van der Waals surface area contributed by atoms with Gasteiger partial charge in [-0.2, -0.15) is 0 Å². The third-order valence-corrected chi connectivity index (χ3v) is 3.54. The molecule has 0 aliphatic carbocycles. The lowest BCUT2D eigenvalue weighted by atomic mass is 10.1. The zero-order valence-corrected chi connectivity index (χ0v) is 11.1. The number of benzene rings is 1. The highest BCUT2D eigenvalue weighted by atomic mass is 35.5. The SMILES string of the molecule is O=C(c1ccc(Cl)c(Cl)c1)N1CCOC(CO)C1. The van der Waals surface area contributed by atoms with E-state index in [1.807, 2.05) is 0 Å². The van der Waals surface area contributed by atoms with E-state index in [9.17, 15) is 4.79 Å². The molecule has 1 aromatic carbocycles. The molecule has 4 nitrogen and oxygen atoms in total. The molecule has 6 heteroatoms. The lowest BCUT2D eigenvalue weighted by molar-refractivity contribution is -0.0447. The molecule has 0 aromatic heterocycles. The Morgan fingerprint density at radius 3 is 2.89 bits per heavy atom. The van der Waals surface area contributed by atoms with Gasteiger partial charge in [0.25, 0.3) is 5.91 Å². The fourth-order valence-corrected chi connectivity index (χ4v) is 2.12. The second kappa shape index (κ2) is 5.89. The number of aliphatic hydroxyl groups is 1. The Balaban J connectivity index is 2.12. The van der Waals surface area contributed by atoms with Gasteiger partial charge in [0.05, 0.1) is 29.4 Å². The number of hydrogen-bond acceptors (Lipinski definition) is 3. The number of halogens is 2. The van der Waals surface area contributed by atoms with E-state index in [1.165, 1.54) is 0 Å². The molecule has 1 heterocycles. The normalized spacial score (nSPS) is 19.9. The van der Waals surface area contributed by atoms with E-state index in [-0.39, 0.29) is 18.6 Å². The van der Waals surface area contributed by atoms with Crippen molar-refractivity contribution in [3.63, 3.8) is 0 Å². The Kier molecular flexibility index (Phi) is 4.45. The zero-order chi connectivity index (χ0) is 13.1. The highest BCUT2D eigenvalue weighted by molar-refractivity contribution is 6.42. The first-order chi connectivity index (χ1) is 8.61. The van der Waals surface area contributed by atoms with Crippen LogP contribution in [0.25, 0.3) is 0 Å². The lowest BCUT2D eigenvalue weighted by Crippen LogP contribution is -2.46. The lowest BCUT2D eigenvalue weighted by Gasteiger charge is -2.32. The molecule has 0 bridgehead atoms. The number of aliphatic hydroxyl groups excluding tert-OH is 1. The summed E-state index contributed by atoms with van der Waals surface area (Å²) in [7, 11) is 0. The van der Waals surface area contributed by atoms with Crippen LogP contribution in [0.2, 0.25) is 10.0 Å². The largest absolute Gasteiger partial charge is 0.394 e. The maximum Gasteiger partial charge on any atom is 0.254 e. The number of ether oxygens (including phenoxy) is 1. The minimum atomic E-state index is -0.314. The molecule has 0 spiro atoms. The second-order valence-corrected chi connectivity index (χ2v) is 4.87. The van der Waals surface area contributed by atoms with Gasteiger partial charge in [0.15, 0.2) is 0 Å². The first-order valence-electron chi connectivity index (χ1n) is 5.58. The fraction of sp³-hybridized carbons (Fsp3) is 0.417. The smallest absolute Gasteiger partial charge is 0.254 e. The standard InChI is InChI=1S/C12H13Cl2NO3/c13-10-2-1-8(5-11(10)14)12(17)15-3-4-18-9(6-15)7-16/h1-2,5,9,16H,3-4,6-7H2. The molecule has 1 N–H and O–H groups in total. The van der Waals surface area contributed by atoms with E-state index < -0.39 is 0 Å². The Morgan fingerprint density at radius 1 is 1.44 bits per heavy atom. The number of carbonyl (C=O) groups excluding carboxylic acids is 1. The van der Waals surface area contributed by atoms with Gasteiger partial charge in [-0.25, -0.2) is 0 Å². The topological polar surface area (TPSA) is 49.8 Å². The molecular weight excluding hydrogens is 277 g/mol. The Hall–Kier alpha value is -0.810. The molecule has 0 radical (unpaired) electrons. The molecule has 1 atom stereocenters. The van der Waals surface area contributed by atoms with Crippen LogP contribution >= 0.6 is 23.2 Å². The predicted molar refractivity (Wildman–Crippen MR) is 69.2 cm³/mol. The minimum Gasteiger partial charge on any atom is -0.394 e. The van der Waals surface area contributed by atoms with Gasteiger partial charge in [0, 0.05) is 18.7 Å². The van der Waals surface area contributed by atoms with Crippen LogP contribution in [0.5, 0.6) is 0 Å². The predicted octanol–water partition coefficient (Wildman–Crippen LogP) is 1.83. The van der Waals surface area contributed by atoms with Crippen LogP contribution in [0.1, 0.15) is 10.4 Å². The van der Waals surface area contributed by atoms with Crippen LogP contribution in [0, 0.1) is 0 Å². The van der Waals surface area contributed by atoms with Crippen LogP contribution in [0.3, 0.4) is 0 Å². The van der Waals surface area contributed by atoms with Crippen LogP contribution in [-0.4, -0.2) is 48.3 Å². The summed E-state index contributed by atoms with van der Waals surface area (Å²) in [4.78, 5) is 13.9. The van der Waals surface area contributed by atoms with E-state index in [0.717, 1.165) is 0 Å². The number of hydrogen-bond donors (Lipinski definition) is 1. The minimum absolute atomic E-state index is 0.0921. The summed E-state index contributed by atoms with van der Waals surface area (Å²) < 4.78 is 5.30. The summed E-state index contributed by atoms with van der Waals surface area (Å²) in [6.07, 6.45) is -0.314. The van der Waals surface area contributed by atoms with Crippen molar-refractivity contribution in [3.8, 4) is 0 Å². The summed E-state index contributed by atoms with van der Waals surface area (Å²) >= 11 is 11.7. The van der Waals surface area contributed by atoms with Crippen molar-refractivity contribution in [2.75, 3.05) is 26.3 Å². The van der Waals surface area contributed by atoms with Crippen LogP contribution < -0.4 is 0 Å². The number of nitrogens with zero attached hydrogens (tertiary/aromatic N) is 1. The molecule has 2 rings (SSSR count). The van der Waals surface area contributed by atoms with Crippen molar-refractivity contribution in [1.82, 2.24) is 4.90 Å². The zero-order valence-electron chi connectivity index (χ0n) is 9.60. The number of rotatable bonds is 2. The van der Waals surface area contributed by atoms with E-state index in [1.54, 1.807) is 23.1 Å². The Labute approximate surface area is 115 Å². The van der Waals surface area contributed by atoms with Gasteiger partial charge in [-0.1, -0.05) is 23.2 Å². The monoisotopic (exact) mass is 289 g/mol. The van der Waals surface area contributed by atoms with Gasteiger partial charge < -0.3 is 14.7 Å². The molecule has 0 saturated carbocycles. The summed E-state index contributed by atoms with van der Waals surface area (Å²) in [5.41, 5.74) is 0.489. The van der Waals surface area contributed by atoms with Gasteiger partial charge in [0.2, 0.25) is 0 Å². The van der Waals surface area contributed by atoms with E-state index in [2.05, 4.69) is 0 Å². The van der Waals surface area contributed by atoms with Crippen molar-refractivity contribution in [1.29, 1.82) is 0 Å². The van der Waals surface area contributed by atoms with Gasteiger partial charge in [0.1, 0.15) is 0 Å². The van der Waals surface area contributed by atoms with Gasteiger partial charge >= 0.3 is 0 Å². The third kappa shape index (κ3) is 2.95. The second-order valence-electron chi connectivity index (χ2n) is 4.06. The van der Waals surface area contributed by atoms with E-state index in [0.29, 0.717) is 35.3 Å². The quantitative estimate of drug-likeness (QED) is 0.904. The maximum atomic E-state index is 12.2. The molecule has 1 amide bonds. The molecule has 1 aliphatic rings. The maximum absolute atomic E-state index is 12.2. The summed E-state index contributed by atoms with van der Waals surface area (Å²) in [6.45, 7) is 1.23. The highest BCUT2D eigenvalue weighted by Gasteiger charge is 2.24. The highest BCUT2D eigenvalue weighted by Crippen LogP contribution is 2.23. The molecule has 1 fully saturated rings. The molecular formula is C12H13Cl2NO3. The van der Waals surface area contributed by atoms with Crippen molar-refractivity contribution in [3.05, 3.63) is 33.8 Å². The van der Waals surface area contributed by atoms with E-state index in [4.69, 9.17) is 33.0 Å². The average molecular weight is 290 g/mol. The first kappa shape index (κ1) is 13.6. The van der Waals surface area contributed by atoms with Gasteiger partial charge in [-0.3, -0.25) is 4.79 Å². The van der Waals surface area contributed by atoms with Gasteiger partial charge in [-0.15, -0.1) is 0 Å². The fourth-order valence-electron chi connectivity index (χ4n) is 1.83. The van der Waals surface area contributed by atoms with E-state index >= 15 is 0 Å². The number of morpholine rings is 1. The Morgan fingerprint density at radius 2 is 2.22 bits per heavy atom. The van der Waals surface area contributed by atoms with Crippen molar-refractivity contribution < 1.29 is 14.6 Å². The van der Waals surface area contributed by atoms with Crippen LogP contribution in [-0.2, 0) is 4.74 Å². The first-order valence-corrected chi connectivity index (χ1v) is 6.34. The summed E-state index contributed by atoms with van der Waals surface area (Å²) in [6, 6.07) is 4.79. The summed E-state index contributed by atoms with van der Waals surface area (Å²) in [5, 5.41) is 9.82. The Bertz CT molecular complexity index is 453.